The van der Waals surface area contributed by atoms with Crippen LogP contribution in [-0.2, 0) is 4.79 Å². The first kappa shape index (κ1) is 7.73. The summed E-state index contributed by atoms with van der Waals surface area (Å²) >= 11 is 0. The molecule has 10 heavy (non-hydrogen) atoms. The van der Waals surface area contributed by atoms with Crippen LogP contribution in [0.15, 0.2) is 0 Å². The molecule has 0 bridgehead atoms. The summed E-state index contributed by atoms with van der Waals surface area (Å²) in [5, 5.41) is 0. The lowest BCUT2D eigenvalue weighted by molar-refractivity contribution is -0.433. The van der Waals surface area contributed by atoms with Crippen molar-refractivity contribution in [2.75, 3.05) is 0 Å². The predicted octanol–water partition coefficient (Wildman–Crippen LogP) is 0.376. The van der Waals surface area contributed by atoms with Crippen molar-refractivity contribution in [1.82, 2.24) is 0 Å². The van der Waals surface area contributed by atoms with Gasteiger partial charge in [-0.25, -0.2) is 0 Å². The Hall–Kier alpha value is -0.370. The molecule has 2 heteroatoms. The summed E-state index contributed by atoms with van der Waals surface area (Å²) in [6.07, 6.45) is 4.70. The second-order valence-corrected chi connectivity index (χ2v) is 3.26. The first-order valence-electron chi connectivity index (χ1n) is 4.05. The molecule has 1 rings (SSSR count). The van der Waals surface area contributed by atoms with E-state index in [1.165, 1.54) is 12.8 Å². The van der Waals surface area contributed by atoms with Gasteiger partial charge in [-0.05, 0) is 26.2 Å². The molecule has 1 aliphatic carbocycles. The number of carbonyl (C=O) groups excluding carboxylic acids is 1. The number of carbonyl (C=O) groups is 1. The quantitative estimate of drug-likeness (QED) is 0.565. The van der Waals surface area contributed by atoms with Crippen LogP contribution in [0.2, 0.25) is 0 Å². The molecule has 0 aromatic carbocycles. The number of rotatable bonds is 1. The molecule has 2 unspecified atom stereocenters. The zero-order valence-corrected chi connectivity index (χ0v) is 6.60. The predicted molar refractivity (Wildman–Crippen MR) is 39.3 cm³/mol. The number of ketones is 1. The van der Waals surface area contributed by atoms with Crippen LogP contribution in [0.25, 0.3) is 0 Å². The summed E-state index contributed by atoms with van der Waals surface area (Å²) in [5.74, 6) is 0.605. The van der Waals surface area contributed by atoms with E-state index >= 15 is 0 Å². The molecule has 0 spiro atoms. The van der Waals surface area contributed by atoms with Gasteiger partial charge in [-0.15, -0.1) is 0 Å². The largest absolute Gasteiger partial charge is 0.355 e. The molecule has 1 saturated carbocycles. The normalized spacial score (nSPS) is 33.8. The van der Waals surface area contributed by atoms with Crippen molar-refractivity contribution < 1.29 is 10.5 Å². The van der Waals surface area contributed by atoms with Gasteiger partial charge in [0.15, 0.2) is 0 Å². The average molecular weight is 142 g/mol. The Labute approximate surface area is 61.8 Å². The van der Waals surface area contributed by atoms with Crippen LogP contribution in [0.3, 0.4) is 0 Å². The molecule has 0 aromatic rings. The Kier molecular flexibility index (Phi) is 2.44. The van der Waals surface area contributed by atoms with E-state index < -0.39 is 0 Å². The number of hydrogen-bond donors (Lipinski definition) is 1. The highest BCUT2D eigenvalue weighted by Crippen LogP contribution is 2.22. The zero-order chi connectivity index (χ0) is 7.56. The molecule has 58 valence electrons. The highest BCUT2D eigenvalue weighted by atomic mass is 16.1. The van der Waals surface area contributed by atoms with E-state index in [1.807, 2.05) is 0 Å². The van der Waals surface area contributed by atoms with E-state index in [2.05, 4.69) is 5.73 Å². The lowest BCUT2D eigenvalue weighted by atomic mass is 9.83. The molecule has 1 fully saturated rings. The Balaban J connectivity index is 2.47. The zero-order valence-electron chi connectivity index (χ0n) is 6.60. The van der Waals surface area contributed by atoms with Gasteiger partial charge >= 0.3 is 0 Å². The molecule has 2 atom stereocenters. The van der Waals surface area contributed by atoms with Crippen LogP contribution >= 0.6 is 0 Å². The lowest BCUT2D eigenvalue weighted by Gasteiger charge is -2.22. The van der Waals surface area contributed by atoms with Crippen LogP contribution in [-0.4, -0.2) is 11.8 Å². The SMILES string of the molecule is CC(=O)C1CCCCC1[NH3+]. The van der Waals surface area contributed by atoms with Gasteiger partial charge in [-0.1, -0.05) is 6.42 Å². The summed E-state index contributed by atoms with van der Waals surface area (Å²) in [4.78, 5) is 11.0. The fourth-order valence-electron chi connectivity index (χ4n) is 1.74. The summed E-state index contributed by atoms with van der Waals surface area (Å²) in [7, 11) is 0. The van der Waals surface area contributed by atoms with Gasteiger partial charge in [0.1, 0.15) is 5.78 Å². The van der Waals surface area contributed by atoms with Gasteiger partial charge in [0, 0.05) is 0 Å². The van der Waals surface area contributed by atoms with E-state index in [0.717, 1.165) is 12.8 Å². The fourth-order valence-corrected chi connectivity index (χ4v) is 1.74. The third-order valence-electron chi connectivity index (χ3n) is 2.43. The molecule has 0 heterocycles. The monoisotopic (exact) mass is 142 g/mol. The molecule has 0 aliphatic heterocycles. The maximum absolute atomic E-state index is 11.0. The van der Waals surface area contributed by atoms with Gasteiger partial charge in [0.25, 0.3) is 0 Å². The highest BCUT2D eigenvalue weighted by Gasteiger charge is 2.27. The van der Waals surface area contributed by atoms with Gasteiger partial charge in [0.05, 0.1) is 12.0 Å². The Morgan fingerprint density at radius 1 is 1.40 bits per heavy atom. The van der Waals surface area contributed by atoms with E-state index in [4.69, 9.17) is 0 Å². The van der Waals surface area contributed by atoms with Crippen LogP contribution < -0.4 is 5.73 Å². The first-order valence-corrected chi connectivity index (χ1v) is 4.05. The van der Waals surface area contributed by atoms with Gasteiger partial charge in [-0.2, -0.15) is 0 Å². The second kappa shape index (κ2) is 3.15. The van der Waals surface area contributed by atoms with Crippen LogP contribution in [0.1, 0.15) is 32.6 Å². The Bertz CT molecular complexity index is 133. The fraction of sp³-hybridized carbons (Fsp3) is 0.875. The molecule has 2 nitrogen and oxygen atoms in total. The molecule has 3 N–H and O–H groups in total. The number of hydrogen-bond acceptors (Lipinski definition) is 1. The summed E-state index contributed by atoms with van der Waals surface area (Å²) in [5.41, 5.74) is 3.98. The lowest BCUT2D eigenvalue weighted by Crippen LogP contribution is -2.66. The number of Topliss-reactive ketones (excluding diaryl/α,β-unsaturated/α-hetero) is 1. The smallest absolute Gasteiger partial charge is 0.138 e. The topological polar surface area (TPSA) is 44.7 Å². The van der Waals surface area contributed by atoms with Crippen molar-refractivity contribution in [3.8, 4) is 0 Å². The summed E-state index contributed by atoms with van der Waals surface area (Å²) < 4.78 is 0. The van der Waals surface area contributed by atoms with Crippen molar-refractivity contribution in [3.63, 3.8) is 0 Å². The van der Waals surface area contributed by atoms with Crippen molar-refractivity contribution in [3.05, 3.63) is 0 Å². The first-order chi connectivity index (χ1) is 4.72. The molecule has 0 amide bonds. The minimum absolute atomic E-state index is 0.272. The maximum atomic E-state index is 11.0. The molecule has 1 aliphatic rings. The van der Waals surface area contributed by atoms with E-state index in [1.54, 1.807) is 6.92 Å². The third-order valence-corrected chi connectivity index (χ3v) is 2.43. The molecular formula is C8H16NO+. The Morgan fingerprint density at radius 3 is 2.40 bits per heavy atom. The van der Waals surface area contributed by atoms with Crippen molar-refractivity contribution in [1.29, 1.82) is 0 Å². The molecular weight excluding hydrogens is 126 g/mol. The molecule has 0 radical (unpaired) electrons. The van der Waals surface area contributed by atoms with Gasteiger partial charge in [0.2, 0.25) is 0 Å². The number of quaternary nitrogens is 1. The molecule has 0 saturated heterocycles. The minimum Gasteiger partial charge on any atom is -0.355 e. The Morgan fingerprint density at radius 2 is 2.00 bits per heavy atom. The van der Waals surface area contributed by atoms with Crippen LogP contribution in [0, 0.1) is 5.92 Å². The summed E-state index contributed by atoms with van der Waals surface area (Å²) in [6, 6.07) is 0.395. The second-order valence-electron chi connectivity index (χ2n) is 3.26. The van der Waals surface area contributed by atoms with E-state index in [9.17, 15) is 4.79 Å². The van der Waals surface area contributed by atoms with E-state index in [0.29, 0.717) is 11.8 Å². The maximum Gasteiger partial charge on any atom is 0.138 e. The van der Waals surface area contributed by atoms with Gasteiger partial charge < -0.3 is 5.73 Å². The third kappa shape index (κ3) is 1.57. The van der Waals surface area contributed by atoms with Crippen molar-refractivity contribution in [2.24, 2.45) is 5.92 Å². The summed E-state index contributed by atoms with van der Waals surface area (Å²) in [6.45, 7) is 1.69. The van der Waals surface area contributed by atoms with Gasteiger partial charge in [-0.3, -0.25) is 4.79 Å². The van der Waals surface area contributed by atoms with Crippen molar-refractivity contribution >= 4 is 5.78 Å². The average Bonchev–Trinajstić information content (AvgIpc) is 1.88. The highest BCUT2D eigenvalue weighted by molar-refractivity contribution is 5.78. The van der Waals surface area contributed by atoms with E-state index in [-0.39, 0.29) is 5.92 Å². The van der Waals surface area contributed by atoms with Crippen molar-refractivity contribution in [2.45, 2.75) is 38.6 Å². The van der Waals surface area contributed by atoms with Crippen LogP contribution in [0.5, 0.6) is 0 Å². The minimum atomic E-state index is 0.272. The standard InChI is InChI=1S/C8H15NO/c1-6(10)7-4-2-3-5-8(7)9/h7-8H,2-5,9H2,1H3/p+1. The van der Waals surface area contributed by atoms with Crippen LogP contribution in [0.4, 0.5) is 0 Å². The molecule has 0 aromatic heterocycles.